The largest absolute Gasteiger partial charge is 0.439 e. The second kappa shape index (κ2) is 6.62. The van der Waals surface area contributed by atoms with Crippen molar-refractivity contribution in [3.63, 3.8) is 0 Å². The number of benzene rings is 1. The normalized spacial score (nSPS) is 10.4. The molecule has 106 valence electrons. The molecule has 0 spiro atoms. The zero-order valence-corrected chi connectivity index (χ0v) is 12.8. The Morgan fingerprint density at radius 1 is 1.20 bits per heavy atom. The SMILES string of the molecule is CCCNc1cccc(Oc2cc(C)c(Cl)c(C)c2)n1. The van der Waals surface area contributed by atoms with Gasteiger partial charge in [0.2, 0.25) is 5.88 Å². The van der Waals surface area contributed by atoms with Gasteiger partial charge in [0.15, 0.2) is 0 Å². The summed E-state index contributed by atoms with van der Waals surface area (Å²) in [5, 5.41) is 4.02. The highest BCUT2D eigenvalue weighted by atomic mass is 35.5. The fourth-order valence-electron chi connectivity index (χ4n) is 1.91. The zero-order valence-electron chi connectivity index (χ0n) is 12.0. The van der Waals surface area contributed by atoms with Gasteiger partial charge in [-0.1, -0.05) is 24.6 Å². The first-order valence-electron chi connectivity index (χ1n) is 6.75. The van der Waals surface area contributed by atoms with E-state index in [1.165, 1.54) is 0 Å². The van der Waals surface area contributed by atoms with E-state index >= 15 is 0 Å². The molecule has 2 rings (SSSR count). The Balaban J connectivity index is 2.17. The molecule has 0 unspecified atom stereocenters. The number of nitrogens with zero attached hydrogens (tertiary/aromatic N) is 1. The van der Waals surface area contributed by atoms with Crippen LogP contribution in [0, 0.1) is 13.8 Å². The molecule has 0 atom stereocenters. The van der Waals surface area contributed by atoms with E-state index in [0.717, 1.165) is 40.7 Å². The number of nitrogens with one attached hydrogen (secondary N) is 1. The highest BCUT2D eigenvalue weighted by Gasteiger charge is 2.05. The Bertz CT molecular complexity index is 576. The molecule has 20 heavy (non-hydrogen) atoms. The van der Waals surface area contributed by atoms with Gasteiger partial charge in [-0.15, -0.1) is 0 Å². The Morgan fingerprint density at radius 3 is 2.55 bits per heavy atom. The molecule has 4 heteroatoms. The van der Waals surface area contributed by atoms with E-state index in [0.29, 0.717) is 5.88 Å². The molecule has 0 aliphatic heterocycles. The summed E-state index contributed by atoms with van der Waals surface area (Å²) >= 11 is 6.15. The number of anilines is 1. The molecule has 0 fully saturated rings. The lowest BCUT2D eigenvalue weighted by Gasteiger charge is -2.10. The number of halogens is 1. The maximum Gasteiger partial charge on any atom is 0.221 e. The molecular weight excluding hydrogens is 272 g/mol. The molecule has 1 aromatic heterocycles. The first-order valence-corrected chi connectivity index (χ1v) is 7.13. The van der Waals surface area contributed by atoms with Gasteiger partial charge in [0.05, 0.1) is 0 Å². The molecule has 0 radical (unpaired) electrons. The summed E-state index contributed by atoms with van der Waals surface area (Å²) in [5.74, 6) is 2.16. The van der Waals surface area contributed by atoms with Gasteiger partial charge in [0, 0.05) is 17.6 Å². The van der Waals surface area contributed by atoms with E-state index < -0.39 is 0 Å². The Labute approximate surface area is 124 Å². The molecule has 2 aromatic rings. The number of pyridine rings is 1. The average Bonchev–Trinajstić information content (AvgIpc) is 2.43. The van der Waals surface area contributed by atoms with Crippen molar-refractivity contribution in [2.45, 2.75) is 27.2 Å². The molecule has 0 bridgehead atoms. The molecule has 1 aromatic carbocycles. The topological polar surface area (TPSA) is 34.1 Å². The van der Waals surface area contributed by atoms with Crippen LogP contribution in [0.4, 0.5) is 5.82 Å². The van der Waals surface area contributed by atoms with Gasteiger partial charge < -0.3 is 10.1 Å². The minimum Gasteiger partial charge on any atom is -0.439 e. The molecular formula is C16H19ClN2O. The minimum absolute atomic E-state index is 0.576. The van der Waals surface area contributed by atoms with Crippen LogP contribution in [-0.2, 0) is 0 Å². The summed E-state index contributed by atoms with van der Waals surface area (Å²) in [6, 6.07) is 9.54. The fraction of sp³-hybridized carbons (Fsp3) is 0.312. The number of aromatic nitrogens is 1. The monoisotopic (exact) mass is 290 g/mol. The zero-order chi connectivity index (χ0) is 14.5. The van der Waals surface area contributed by atoms with Crippen LogP contribution in [0.3, 0.4) is 0 Å². The minimum atomic E-state index is 0.576. The van der Waals surface area contributed by atoms with Crippen LogP contribution in [0.1, 0.15) is 24.5 Å². The highest BCUT2D eigenvalue weighted by molar-refractivity contribution is 6.32. The van der Waals surface area contributed by atoms with Crippen molar-refractivity contribution >= 4 is 17.4 Å². The predicted octanol–water partition coefficient (Wildman–Crippen LogP) is 4.97. The van der Waals surface area contributed by atoms with Crippen molar-refractivity contribution in [2.24, 2.45) is 0 Å². The summed E-state index contributed by atoms with van der Waals surface area (Å²) < 4.78 is 5.81. The first kappa shape index (κ1) is 14.7. The van der Waals surface area contributed by atoms with Gasteiger partial charge >= 0.3 is 0 Å². The molecule has 3 nitrogen and oxygen atoms in total. The van der Waals surface area contributed by atoms with Crippen molar-refractivity contribution in [3.05, 3.63) is 46.5 Å². The van der Waals surface area contributed by atoms with Crippen molar-refractivity contribution in [2.75, 3.05) is 11.9 Å². The van der Waals surface area contributed by atoms with E-state index in [1.807, 2.05) is 44.2 Å². The van der Waals surface area contributed by atoms with Crippen molar-refractivity contribution in [1.82, 2.24) is 4.98 Å². The van der Waals surface area contributed by atoms with E-state index in [4.69, 9.17) is 16.3 Å². The van der Waals surface area contributed by atoms with Crippen LogP contribution in [0.25, 0.3) is 0 Å². The maximum absolute atomic E-state index is 6.15. The fourth-order valence-corrected chi connectivity index (χ4v) is 2.02. The molecule has 0 aliphatic rings. The number of hydrogen-bond acceptors (Lipinski definition) is 3. The van der Waals surface area contributed by atoms with Gasteiger partial charge in [-0.25, -0.2) is 0 Å². The quantitative estimate of drug-likeness (QED) is 0.844. The van der Waals surface area contributed by atoms with Gasteiger partial charge in [-0.2, -0.15) is 4.98 Å². The van der Waals surface area contributed by atoms with E-state index in [2.05, 4.69) is 17.2 Å². The van der Waals surface area contributed by atoms with Crippen molar-refractivity contribution in [1.29, 1.82) is 0 Å². The summed E-state index contributed by atoms with van der Waals surface area (Å²) in [7, 11) is 0. The highest BCUT2D eigenvalue weighted by Crippen LogP contribution is 2.28. The molecule has 1 heterocycles. The van der Waals surface area contributed by atoms with Crippen molar-refractivity contribution < 1.29 is 4.74 Å². The number of aryl methyl sites for hydroxylation is 2. The lowest BCUT2D eigenvalue weighted by atomic mass is 10.1. The van der Waals surface area contributed by atoms with E-state index in [-0.39, 0.29) is 0 Å². The summed E-state index contributed by atoms with van der Waals surface area (Å²) in [6.07, 6.45) is 1.06. The van der Waals surface area contributed by atoms with Gasteiger partial charge in [-0.05, 0) is 49.6 Å². The van der Waals surface area contributed by atoms with E-state index in [1.54, 1.807) is 0 Å². The number of ether oxygens (including phenoxy) is 1. The number of hydrogen-bond donors (Lipinski definition) is 1. The lowest BCUT2D eigenvalue weighted by molar-refractivity contribution is 0.463. The molecule has 0 saturated carbocycles. The summed E-state index contributed by atoms with van der Waals surface area (Å²) in [5.41, 5.74) is 2.00. The Hall–Kier alpha value is -1.74. The van der Waals surface area contributed by atoms with E-state index in [9.17, 15) is 0 Å². The van der Waals surface area contributed by atoms with Gasteiger partial charge in [0.1, 0.15) is 11.6 Å². The van der Waals surface area contributed by atoms with Gasteiger partial charge in [0.25, 0.3) is 0 Å². The summed E-state index contributed by atoms with van der Waals surface area (Å²) in [4.78, 5) is 4.42. The number of rotatable bonds is 5. The average molecular weight is 291 g/mol. The van der Waals surface area contributed by atoms with Crippen LogP contribution in [-0.4, -0.2) is 11.5 Å². The van der Waals surface area contributed by atoms with Crippen LogP contribution >= 0.6 is 11.6 Å². The lowest BCUT2D eigenvalue weighted by Crippen LogP contribution is -2.02. The van der Waals surface area contributed by atoms with Crippen LogP contribution in [0.2, 0.25) is 5.02 Å². The molecule has 0 aliphatic carbocycles. The third-order valence-electron chi connectivity index (χ3n) is 2.91. The second-order valence-electron chi connectivity index (χ2n) is 4.76. The van der Waals surface area contributed by atoms with Crippen molar-refractivity contribution in [3.8, 4) is 11.6 Å². The van der Waals surface area contributed by atoms with Crippen LogP contribution in [0.5, 0.6) is 11.6 Å². The Morgan fingerprint density at radius 2 is 1.90 bits per heavy atom. The third-order valence-corrected chi connectivity index (χ3v) is 3.51. The first-order chi connectivity index (χ1) is 9.60. The van der Waals surface area contributed by atoms with Crippen LogP contribution in [0.15, 0.2) is 30.3 Å². The van der Waals surface area contributed by atoms with Crippen LogP contribution < -0.4 is 10.1 Å². The second-order valence-corrected chi connectivity index (χ2v) is 5.14. The maximum atomic E-state index is 6.15. The van der Waals surface area contributed by atoms with Gasteiger partial charge in [-0.3, -0.25) is 0 Å². The molecule has 0 amide bonds. The molecule has 0 saturated heterocycles. The smallest absolute Gasteiger partial charge is 0.221 e. The predicted molar refractivity (Wildman–Crippen MR) is 84.0 cm³/mol. The molecule has 1 N–H and O–H groups in total. The third kappa shape index (κ3) is 3.64. The standard InChI is InChI=1S/C16H19ClN2O/c1-4-8-18-14-6-5-7-15(19-14)20-13-9-11(2)16(17)12(3)10-13/h5-7,9-10H,4,8H2,1-3H3,(H,18,19). The summed E-state index contributed by atoms with van der Waals surface area (Å²) in [6.45, 7) is 6.95. The Kier molecular flexibility index (Phi) is 4.85.